The summed E-state index contributed by atoms with van der Waals surface area (Å²) in [6.45, 7) is 8.77. The molecule has 0 saturated carbocycles. The first kappa shape index (κ1) is 15.8. The van der Waals surface area contributed by atoms with Crippen molar-refractivity contribution in [3.8, 4) is 0 Å². The van der Waals surface area contributed by atoms with Crippen molar-refractivity contribution < 1.29 is 4.79 Å². The van der Waals surface area contributed by atoms with Gasteiger partial charge in [0.2, 0.25) is 5.91 Å². The molecule has 2 heterocycles. The van der Waals surface area contributed by atoms with Gasteiger partial charge in [-0.1, -0.05) is 13.0 Å². The second-order valence-corrected chi connectivity index (χ2v) is 5.91. The highest BCUT2D eigenvalue weighted by Gasteiger charge is 2.27. The van der Waals surface area contributed by atoms with Crippen LogP contribution in [-0.2, 0) is 11.3 Å². The van der Waals surface area contributed by atoms with E-state index in [0.29, 0.717) is 6.04 Å². The van der Waals surface area contributed by atoms with Crippen molar-refractivity contribution in [1.82, 2.24) is 15.2 Å². The smallest absolute Gasteiger partial charge is 0.237 e. The van der Waals surface area contributed by atoms with Crippen molar-refractivity contribution in [1.29, 1.82) is 0 Å². The zero-order chi connectivity index (χ0) is 15.4. The number of carbonyl (C=O) groups excluding carboxylic acids is 1. The zero-order valence-electron chi connectivity index (χ0n) is 13.5. The fourth-order valence-corrected chi connectivity index (χ4v) is 2.61. The van der Waals surface area contributed by atoms with E-state index in [9.17, 15) is 4.79 Å². The van der Waals surface area contributed by atoms with Crippen LogP contribution in [0.15, 0.2) is 18.3 Å². The first-order valence-corrected chi connectivity index (χ1v) is 7.72. The van der Waals surface area contributed by atoms with Gasteiger partial charge in [-0.25, -0.2) is 4.98 Å². The summed E-state index contributed by atoms with van der Waals surface area (Å²) >= 11 is 0. The third-order valence-electron chi connectivity index (χ3n) is 4.16. The molecule has 5 nitrogen and oxygen atoms in total. The lowest BCUT2D eigenvalue weighted by Crippen LogP contribution is -2.54. The second kappa shape index (κ2) is 6.89. The number of rotatable bonds is 5. The van der Waals surface area contributed by atoms with Crippen molar-refractivity contribution in [3.05, 3.63) is 23.9 Å². The number of hydrogen-bond acceptors (Lipinski definition) is 4. The molecule has 0 aromatic carbocycles. The minimum Gasteiger partial charge on any atom is -0.357 e. The van der Waals surface area contributed by atoms with E-state index >= 15 is 0 Å². The van der Waals surface area contributed by atoms with Gasteiger partial charge < -0.3 is 10.2 Å². The number of nitrogens with zero attached hydrogens (tertiary/aromatic N) is 3. The van der Waals surface area contributed by atoms with Crippen molar-refractivity contribution in [3.63, 3.8) is 0 Å². The third kappa shape index (κ3) is 3.73. The maximum absolute atomic E-state index is 11.9. The molecule has 1 saturated heterocycles. The number of piperazine rings is 1. The largest absolute Gasteiger partial charge is 0.357 e. The number of amides is 1. The van der Waals surface area contributed by atoms with Crippen LogP contribution in [0.3, 0.4) is 0 Å². The molecule has 1 aromatic heterocycles. The van der Waals surface area contributed by atoms with Crippen LogP contribution in [0.2, 0.25) is 0 Å². The Bertz CT molecular complexity index is 472. The Labute approximate surface area is 127 Å². The van der Waals surface area contributed by atoms with Gasteiger partial charge in [0.1, 0.15) is 5.82 Å². The third-order valence-corrected chi connectivity index (χ3v) is 4.16. The maximum atomic E-state index is 11.9. The molecule has 0 radical (unpaired) electrons. The number of aromatic nitrogens is 1. The molecule has 1 fully saturated rings. The Morgan fingerprint density at radius 2 is 2.24 bits per heavy atom. The van der Waals surface area contributed by atoms with E-state index in [0.717, 1.165) is 37.4 Å². The fourth-order valence-electron chi connectivity index (χ4n) is 2.61. The highest BCUT2D eigenvalue weighted by atomic mass is 16.2. The van der Waals surface area contributed by atoms with Crippen LogP contribution >= 0.6 is 0 Å². The van der Waals surface area contributed by atoms with E-state index in [2.05, 4.69) is 60.1 Å². The van der Waals surface area contributed by atoms with Crippen LogP contribution in [0.1, 0.15) is 32.8 Å². The summed E-state index contributed by atoms with van der Waals surface area (Å²) in [5.41, 5.74) is 1.16. The molecule has 0 spiro atoms. The van der Waals surface area contributed by atoms with Crippen LogP contribution in [0.5, 0.6) is 0 Å². The fraction of sp³-hybridized carbons (Fsp3) is 0.625. The maximum Gasteiger partial charge on any atom is 0.237 e. The predicted molar refractivity (Wildman–Crippen MR) is 85.3 cm³/mol. The van der Waals surface area contributed by atoms with Crippen LogP contribution in [0, 0.1) is 0 Å². The van der Waals surface area contributed by atoms with E-state index in [1.54, 1.807) is 0 Å². The van der Waals surface area contributed by atoms with Gasteiger partial charge in [0.25, 0.3) is 0 Å². The van der Waals surface area contributed by atoms with Gasteiger partial charge in [0, 0.05) is 38.9 Å². The molecular formula is C16H26N4O. The molecule has 1 aliphatic heterocycles. The molecule has 2 rings (SSSR count). The van der Waals surface area contributed by atoms with Crippen LogP contribution in [-0.4, -0.2) is 48.0 Å². The molecule has 1 amide bonds. The number of nitrogens with one attached hydrogen (secondary N) is 1. The molecule has 0 unspecified atom stereocenters. The number of carbonyl (C=O) groups is 1. The molecule has 5 heteroatoms. The van der Waals surface area contributed by atoms with Gasteiger partial charge in [-0.3, -0.25) is 9.69 Å². The van der Waals surface area contributed by atoms with Crippen LogP contribution in [0.4, 0.5) is 5.82 Å². The molecule has 0 bridgehead atoms. The van der Waals surface area contributed by atoms with Crippen LogP contribution < -0.4 is 10.2 Å². The Morgan fingerprint density at radius 1 is 1.48 bits per heavy atom. The number of anilines is 1. The van der Waals surface area contributed by atoms with Gasteiger partial charge in [0.05, 0.1) is 6.04 Å². The second-order valence-electron chi connectivity index (χ2n) is 5.91. The lowest BCUT2D eigenvalue weighted by Gasteiger charge is -2.34. The SMILES string of the molecule is CC[C@H]1C(=O)NCCN1Cc1ccc(N(C)C(C)C)nc1. The molecule has 1 N–H and O–H groups in total. The molecule has 21 heavy (non-hydrogen) atoms. The monoisotopic (exact) mass is 290 g/mol. The standard InChI is InChI=1S/C16H26N4O/c1-5-14-16(21)17-8-9-20(14)11-13-6-7-15(18-10-13)19(4)12(2)3/h6-7,10,12,14H,5,8-9,11H2,1-4H3,(H,17,21)/t14-/m0/s1. The summed E-state index contributed by atoms with van der Waals surface area (Å²) in [4.78, 5) is 20.8. The summed E-state index contributed by atoms with van der Waals surface area (Å²) in [5.74, 6) is 1.13. The summed E-state index contributed by atoms with van der Waals surface area (Å²) in [7, 11) is 2.05. The zero-order valence-corrected chi connectivity index (χ0v) is 13.5. The van der Waals surface area contributed by atoms with Gasteiger partial charge in [-0.15, -0.1) is 0 Å². The summed E-state index contributed by atoms with van der Waals surface area (Å²) in [5, 5.41) is 2.93. The van der Waals surface area contributed by atoms with Crippen molar-refractivity contribution >= 4 is 11.7 Å². The molecular weight excluding hydrogens is 264 g/mol. The molecule has 0 aliphatic carbocycles. The van der Waals surface area contributed by atoms with E-state index in [1.807, 2.05) is 6.20 Å². The summed E-state index contributed by atoms with van der Waals surface area (Å²) < 4.78 is 0. The summed E-state index contributed by atoms with van der Waals surface area (Å²) in [6, 6.07) is 4.58. The quantitative estimate of drug-likeness (QED) is 0.895. The molecule has 116 valence electrons. The average Bonchev–Trinajstić information content (AvgIpc) is 2.47. The highest BCUT2D eigenvalue weighted by molar-refractivity contribution is 5.82. The normalized spacial score (nSPS) is 19.7. The number of hydrogen-bond donors (Lipinski definition) is 1. The Kier molecular flexibility index (Phi) is 5.17. The van der Waals surface area contributed by atoms with Gasteiger partial charge >= 0.3 is 0 Å². The lowest BCUT2D eigenvalue weighted by molar-refractivity contribution is -0.129. The predicted octanol–water partition coefficient (Wildman–Crippen LogP) is 1.64. The molecule has 1 aliphatic rings. The Morgan fingerprint density at radius 3 is 2.81 bits per heavy atom. The van der Waals surface area contributed by atoms with E-state index in [4.69, 9.17) is 0 Å². The topological polar surface area (TPSA) is 48.5 Å². The van der Waals surface area contributed by atoms with Gasteiger partial charge in [0.15, 0.2) is 0 Å². The van der Waals surface area contributed by atoms with Crippen molar-refractivity contribution in [2.75, 3.05) is 25.0 Å². The minimum atomic E-state index is -0.0169. The first-order valence-electron chi connectivity index (χ1n) is 7.72. The van der Waals surface area contributed by atoms with E-state index in [1.165, 1.54) is 0 Å². The first-order chi connectivity index (χ1) is 10.0. The lowest BCUT2D eigenvalue weighted by atomic mass is 10.1. The Hall–Kier alpha value is -1.62. The van der Waals surface area contributed by atoms with Crippen LogP contribution in [0.25, 0.3) is 0 Å². The number of pyridine rings is 1. The molecule has 1 aromatic rings. The van der Waals surface area contributed by atoms with E-state index in [-0.39, 0.29) is 11.9 Å². The van der Waals surface area contributed by atoms with Crippen molar-refractivity contribution in [2.24, 2.45) is 0 Å². The minimum absolute atomic E-state index is 0.0169. The van der Waals surface area contributed by atoms with Gasteiger partial charge in [-0.05, 0) is 31.9 Å². The van der Waals surface area contributed by atoms with Gasteiger partial charge in [-0.2, -0.15) is 0 Å². The highest BCUT2D eigenvalue weighted by Crippen LogP contribution is 2.16. The average molecular weight is 290 g/mol. The summed E-state index contributed by atoms with van der Waals surface area (Å²) in [6.07, 6.45) is 2.76. The van der Waals surface area contributed by atoms with Crippen molar-refractivity contribution in [2.45, 2.75) is 45.8 Å². The Balaban J connectivity index is 2.04. The van der Waals surface area contributed by atoms with E-state index < -0.39 is 0 Å². The molecule has 1 atom stereocenters.